The number of carbonyl (C=O) groups is 2. The van der Waals surface area contributed by atoms with E-state index >= 15 is 0 Å². The average Bonchev–Trinajstić information content (AvgIpc) is 2.60. The van der Waals surface area contributed by atoms with Gasteiger partial charge in [-0.15, -0.1) is 0 Å². The number of amides is 1. The first-order valence-electron chi connectivity index (χ1n) is 6.07. The van der Waals surface area contributed by atoms with E-state index in [2.05, 4.69) is 23.5 Å². The van der Waals surface area contributed by atoms with Gasteiger partial charge >= 0.3 is 5.97 Å². The van der Waals surface area contributed by atoms with Crippen LogP contribution in [-0.4, -0.2) is 23.5 Å². The first-order chi connectivity index (χ1) is 8.21. The normalized spacial score (nSPS) is 34.6. The second-order valence-electron chi connectivity index (χ2n) is 4.91. The molecule has 2 saturated heterocycles. The molecule has 3 aliphatic rings. The third-order valence-electron chi connectivity index (χ3n) is 3.84. The molecular formula is C13H15NO3. The Balaban J connectivity index is 1.68. The lowest BCUT2D eigenvalue weighted by atomic mass is 9.82. The number of hydrogen-bond donors (Lipinski definition) is 1. The molecule has 2 aliphatic heterocycles. The summed E-state index contributed by atoms with van der Waals surface area (Å²) in [6.45, 7) is 0. The third-order valence-corrected chi connectivity index (χ3v) is 3.84. The van der Waals surface area contributed by atoms with Gasteiger partial charge in [-0.1, -0.05) is 23.8 Å². The van der Waals surface area contributed by atoms with Crippen molar-refractivity contribution in [1.82, 2.24) is 5.32 Å². The Kier molecular flexibility index (Phi) is 2.31. The molecule has 0 spiro atoms. The van der Waals surface area contributed by atoms with E-state index in [9.17, 15) is 9.59 Å². The van der Waals surface area contributed by atoms with E-state index in [-0.39, 0.29) is 18.0 Å². The number of rotatable bonds is 3. The summed E-state index contributed by atoms with van der Waals surface area (Å²) in [4.78, 5) is 22.9. The van der Waals surface area contributed by atoms with Gasteiger partial charge in [-0.25, -0.2) is 4.79 Å². The van der Waals surface area contributed by atoms with Crippen LogP contribution < -0.4 is 5.32 Å². The number of fused-ring (bicyclic) bond motifs is 1. The summed E-state index contributed by atoms with van der Waals surface area (Å²) in [5.74, 6) is -0.335. The van der Waals surface area contributed by atoms with E-state index in [1.165, 1.54) is 5.57 Å². The van der Waals surface area contributed by atoms with E-state index in [0.717, 1.165) is 19.3 Å². The molecule has 2 fully saturated rings. The maximum Gasteiger partial charge on any atom is 0.336 e. The maximum absolute atomic E-state index is 11.6. The number of carbonyl (C=O) groups excluding carboxylic acids is 2. The number of hydrogen-bond acceptors (Lipinski definition) is 3. The SMILES string of the molecule is O=C1C[C@@H]2OC(=O)[C@]2(CCC2=CC=CCC2)N1. The molecule has 2 heterocycles. The fourth-order valence-corrected chi connectivity index (χ4v) is 2.77. The van der Waals surface area contributed by atoms with Crippen LogP contribution in [0.25, 0.3) is 0 Å². The van der Waals surface area contributed by atoms with Crippen molar-refractivity contribution in [3.8, 4) is 0 Å². The van der Waals surface area contributed by atoms with Gasteiger partial charge < -0.3 is 10.1 Å². The van der Waals surface area contributed by atoms with Crippen LogP contribution in [0.4, 0.5) is 0 Å². The van der Waals surface area contributed by atoms with Crippen LogP contribution >= 0.6 is 0 Å². The van der Waals surface area contributed by atoms with Crippen LogP contribution in [0.15, 0.2) is 23.8 Å². The van der Waals surface area contributed by atoms with Gasteiger partial charge in [0.25, 0.3) is 0 Å². The highest BCUT2D eigenvalue weighted by Gasteiger charge is 2.63. The fraction of sp³-hybridized carbons (Fsp3) is 0.538. The van der Waals surface area contributed by atoms with E-state index in [4.69, 9.17) is 4.74 Å². The van der Waals surface area contributed by atoms with Gasteiger partial charge in [-0.3, -0.25) is 4.79 Å². The molecule has 0 aromatic rings. The van der Waals surface area contributed by atoms with Gasteiger partial charge in [-0.2, -0.15) is 0 Å². The highest BCUT2D eigenvalue weighted by molar-refractivity contribution is 5.98. The number of esters is 1. The molecule has 17 heavy (non-hydrogen) atoms. The van der Waals surface area contributed by atoms with Crippen molar-refractivity contribution in [2.24, 2.45) is 0 Å². The summed E-state index contributed by atoms with van der Waals surface area (Å²) < 4.78 is 5.02. The fourth-order valence-electron chi connectivity index (χ4n) is 2.77. The summed E-state index contributed by atoms with van der Waals surface area (Å²) in [5, 5.41) is 2.80. The lowest BCUT2D eigenvalue weighted by molar-refractivity contribution is -0.188. The van der Waals surface area contributed by atoms with Gasteiger partial charge in [0.15, 0.2) is 5.54 Å². The van der Waals surface area contributed by atoms with E-state index in [1.807, 2.05) is 0 Å². The molecule has 1 amide bonds. The van der Waals surface area contributed by atoms with Gasteiger partial charge in [0.2, 0.25) is 5.91 Å². The summed E-state index contributed by atoms with van der Waals surface area (Å²) in [6.07, 6.45) is 10.0. The zero-order chi connectivity index (χ0) is 11.9. The molecule has 0 bridgehead atoms. The Hall–Kier alpha value is -1.58. The molecule has 4 heteroatoms. The topological polar surface area (TPSA) is 55.4 Å². The van der Waals surface area contributed by atoms with Crippen molar-refractivity contribution < 1.29 is 14.3 Å². The van der Waals surface area contributed by atoms with Crippen molar-refractivity contribution in [3.05, 3.63) is 23.8 Å². The van der Waals surface area contributed by atoms with E-state index in [1.54, 1.807) is 0 Å². The summed E-state index contributed by atoms with van der Waals surface area (Å²) >= 11 is 0. The zero-order valence-corrected chi connectivity index (χ0v) is 9.57. The highest BCUT2D eigenvalue weighted by Crippen LogP contribution is 2.39. The number of nitrogens with one attached hydrogen (secondary N) is 1. The largest absolute Gasteiger partial charge is 0.457 e. The molecule has 2 atom stereocenters. The molecule has 4 nitrogen and oxygen atoms in total. The smallest absolute Gasteiger partial charge is 0.336 e. The average molecular weight is 233 g/mol. The predicted molar refractivity (Wildman–Crippen MR) is 61.1 cm³/mol. The summed E-state index contributed by atoms with van der Waals surface area (Å²) in [7, 11) is 0. The minimum atomic E-state index is -0.709. The maximum atomic E-state index is 11.6. The molecule has 0 unspecified atom stereocenters. The quantitative estimate of drug-likeness (QED) is 0.746. The third kappa shape index (κ3) is 1.59. The van der Waals surface area contributed by atoms with Crippen LogP contribution in [0, 0.1) is 0 Å². The zero-order valence-electron chi connectivity index (χ0n) is 9.57. The van der Waals surface area contributed by atoms with E-state index in [0.29, 0.717) is 12.8 Å². The molecule has 3 rings (SSSR count). The van der Waals surface area contributed by atoms with Gasteiger partial charge in [0, 0.05) is 0 Å². The number of allylic oxidation sites excluding steroid dienone is 4. The second-order valence-corrected chi connectivity index (χ2v) is 4.91. The standard InChI is InChI=1S/C13H15NO3/c15-11-8-10-13(14-11,12(16)17-10)7-6-9-4-2-1-3-5-9/h1-2,4,10H,3,5-8H2,(H,14,15)/t10-,13+/m0/s1. The first kappa shape index (κ1) is 10.6. The molecule has 1 aliphatic carbocycles. The monoisotopic (exact) mass is 233 g/mol. The Morgan fingerprint density at radius 2 is 2.35 bits per heavy atom. The molecule has 0 aromatic carbocycles. The van der Waals surface area contributed by atoms with Crippen LogP contribution in [0.1, 0.15) is 32.1 Å². The minimum Gasteiger partial charge on any atom is -0.457 e. The first-order valence-corrected chi connectivity index (χ1v) is 6.07. The molecule has 90 valence electrons. The van der Waals surface area contributed by atoms with Crippen LogP contribution in [0.3, 0.4) is 0 Å². The molecule has 0 aromatic heterocycles. The summed E-state index contributed by atoms with van der Waals surface area (Å²) in [6, 6.07) is 0. The van der Waals surface area contributed by atoms with E-state index < -0.39 is 5.54 Å². The molecule has 0 saturated carbocycles. The van der Waals surface area contributed by atoms with Crippen molar-refractivity contribution in [3.63, 3.8) is 0 Å². The lowest BCUT2D eigenvalue weighted by Crippen LogP contribution is -2.66. The summed E-state index contributed by atoms with van der Waals surface area (Å²) in [5.41, 5.74) is 0.639. The van der Waals surface area contributed by atoms with Gasteiger partial charge in [0.05, 0.1) is 6.42 Å². The molecular weight excluding hydrogens is 218 g/mol. The van der Waals surface area contributed by atoms with Crippen LogP contribution in [0.5, 0.6) is 0 Å². The van der Waals surface area contributed by atoms with Gasteiger partial charge in [-0.05, 0) is 25.7 Å². The molecule has 1 N–H and O–H groups in total. The van der Waals surface area contributed by atoms with Crippen molar-refractivity contribution >= 4 is 11.9 Å². The Bertz CT molecular complexity index is 438. The minimum absolute atomic E-state index is 0.0710. The Morgan fingerprint density at radius 1 is 1.47 bits per heavy atom. The van der Waals surface area contributed by atoms with Crippen LogP contribution in [0.2, 0.25) is 0 Å². The molecule has 0 radical (unpaired) electrons. The van der Waals surface area contributed by atoms with Crippen molar-refractivity contribution in [1.29, 1.82) is 0 Å². The Labute approximate surface area is 99.7 Å². The highest BCUT2D eigenvalue weighted by atomic mass is 16.6. The van der Waals surface area contributed by atoms with Crippen LogP contribution in [-0.2, 0) is 14.3 Å². The second kappa shape index (κ2) is 3.72. The van der Waals surface area contributed by atoms with Gasteiger partial charge in [0.1, 0.15) is 6.10 Å². The Morgan fingerprint density at radius 3 is 3.00 bits per heavy atom. The van der Waals surface area contributed by atoms with Crippen molar-refractivity contribution in [2.45, 2.75) is 43.7 Å². The number of ether oxygens (including phenoxy) is 1. The predicted octanol–water partition coefficient (Wildman–Crippen LogP) is 1.23. The lowest BCUT2D eigenvalue weighted by Gasteiger charge is -2.41. The van der Waals surface area contributed by atoms with Crippen molar-refractivity contribution in [2.75, 3.05) is 0 Å².